The van der Waals surface area contributed by atoms with Gasteiger partial charge in [0.2, 0.25) is 0 Å². The highest BCUT2D eigenvalue weighted by atomic mass is 15.2. The Morgan fingerprint density at radius 1 is 1.75 bits per heavy atom. The molecule has 1 rings (SSSR count). The van der Waals surface area contributed by atoms with Gasteiger partial charge in [-0.3, -0.25) is 5.41 Å². The van der Waals surface area contributed by atoms with Crippen molar-refractivity contribution in [2.75, 3.05) is 33.7 Å². The second-order valence-corrected chi connectivity index (χ2v) is 3.68. The lowest BCUT2D eigenvalue weighted by atomic mass is 10.1. The summed E-state index contributed by atoms with van der Waals surface area (Å²) >= 11 is 0. The minimum Gasteiger partial charge on any atom is -0.370 e. The molecule has 0 aromatic heterocycles. The average molecular weight is 170 g/mol. The number of nitrogens with one attached hydrogen (secondary N) is 1. The fourth-order valence-electron chi connectivity index (χ4n) is 1.66. The van der Waals surface area contributed by atoms with Crippen molar-refractivity contribution >= 4 is 5.96 Å². The quantitative estimate of drug-likeness (QED) is 0.444. The highest BCUT2D eigenvalue weighted by Crippen LogP contribution is 2.14. The van der Waals surface area contributed by atoms with Crippen LogP contribution >= 0.6 is 0 Å². The average Bonchev–Trinajstić information content (AvgIpc) is 2.35. The van der Waals surface area contributed by atoms with Crippen LogP contribution in [0.1, 0.15) is 6.42 Å². The molecule has 1 saturated heterocycles. The lowest BCUT2D eigenvalue weighted by Crippen LogP contribution is -2.37. The molecule has 0 spiro atoms. The van der Waals surface area contributed by atoms with Crippen LogP contribution in [0.15, 0.2) is 0 Å². The molecular weight excluding hydrogens is 152 g/mol. The summed E-state index contributed by atoms with van der Waals surface area (Å²) in [6.45, 7) is 3.23. The molecule has 0 saturated carbocycles. The monoisotopic (exact) mass is 170 g/mol. The van der Waals surface area contributed by atoms with Crippen LogP contribution in [0.3, 0.4) is 0 Å². The molecule has 1 aliphatic heterocycles. The summed E-state index contributed by atoms with van der Waals surface area (Å²) in [7, 11) is 4.01. The van der Waals surface area contributed by atoms with E-state index >= 15 is 0 Å². The molecule has 0 aromatic carbocycles. The molecule has 0 amide bonds. The zero-order chi connectivity index (χ0) is 9.14. The third-order valence-corrected chi connectivity index (χ3v) is 2.43. The molecule has 0 bridgehead atoms. The molecule has 1 unspecified atom stereocenters. The van der Waals surface area contributed by atoms with Gasteiger partial charge in [0.1, 0.15) is 0 Å². The Morgan fingerprint density at radius 2 is 2.42 bits per heavy atom. The van der Waals surface area contributed by atoms with Gasteiger partial charge in [-0.15, -0.1) is 0 Å². The molecular formula is C8H18N4. The molecule has 4 heteroatoms. The maximum Gasteiger partial charge on any atom is 0.188 e. The number of nitrogens with two attached hydrogens (primary N) is 1. The summed E-state index contributed by atoms with van der Waals surface area (Å²) in [5.74, 6) is 0.855. The van der Waals surface area contributed by atoms with E-state index in [0.717, 1.165) is 13.1 Å². The lowest BCUT2D eigenvalue weighted by Gasteiger charge is -2.20. The Kier molecular flexibility index (Phi) is 2.92. The van der Waals surface area contributed by atoms with E-state index in [-0.39, 0.29) is 5.96 Å². The number of hydrogen-bond donors (Lipinski definition) is 2. The SMILES string of the molecule is CN1CCC(CN(C)C(=N)N)C1. The van der Waals surface area contributed by atoms with Crippen molar-refractivity contribution in [2.24, 2.45) is 11.7 Å². The first-order valence-electron chi connectivity index (χ1n) is 4.33. The number of likely N-dealkylation sites (tertiary alicyclic amines) is 1. The zero-order valence-corrected chi connectivity index (χ0v) is 7.88. The number of nitrogens with zero attached hydrogens (tertiary/aromatic N) is 2. The number of hydrogen-bond acceptors (Lipinski definition) is 2. The maximum absolute atomic E-state index is 7.20. The van der Waals surface area contributed by atoms with E-state index in [0.29, 0.717) is 5.92 Å². The molecule has 0 aromatic rings. The van der Waals surface area contributed by atoms with Crippen molar-refractivity contribution in [2.45, 2.75) is 6.42 Å². The molecule has 4 nitrogen and oxygen atoms in total. The van der Waals surface area contributed by atoms with Crippen LogP contribution in [-0.4, -0.2) is 49.5 Å². The van der Waals surface area contributed by atoms with Crippen molar-refractivity contribution < 1.29 is 0 Å². The van der Waals surface area contributed by atoms with Crippen molar-refractivity contribution in [1.82, 2.24) is 9.80 Å². The molecule has 0 aliphatic carbocycles. The Balaban J connectivity index is 2.27. The topological polar surface area (TPSA) is 56.4 Å². The Labute approximate surface area is 73.8 Å². The lowest BCUT2D eigenvalue weighted by molar-refractivity contribution is 0.353. The van der Waals surface area contributed by atoms with Crippen molar-refractivity contribution in [3.05, 3.63) is 0 Å². The van der Waals surface area contributed by atoms with Gasteiger partial charge in [-0.1, -0.05) is 0 Å². The normalized spacial score (nSPS) is 24.3. The molecule has 1 aliphatic rings. The fraction of sp³-hybridized carbons (Fsp3) is 0.875. The van der Waals surface area contributed by atoms with Gasteiger partial charge in [-0.25, -0.2) is 0 Å². The summed E-state index contributed by atoms with van der Waals surface area (Å²) in [6.07, 6.45) is 1.23. The summed E-state index contributed by atoms with van der Waals surface area (Å²) in [5, 5.41) is 7.20. The van der Waals surface area contributed by atoms with Gasteiger partial charge in [0.05, 0.1) is 0 Å². The molecule has 1 heterocycles. The number of rotatable bonds is 2. The fourth-order valence-corrected chi connectivity index (χ4v) is 1.66. The van der Waals surface area contributed by atoms with Crippen LogP contribution in [0.2, 0.25) is 0 Å². The highest BCUT2D eigenvalue weighted by molar-refractivity contribution is 5.74. The van der Waals surface area contributed by atoms with E-state index in [4.69, 9.17) is 11.1 Å². The van der Waals surface area contributed by atoms with Gasteiger partial charge in [-0.05, 0) is 25.9 Å². The van der Waals surface area contributed by atoms with Gasteiger partial charge in [0, 0.05) is 20.1 Å². The van der Waals surface area contributed by atoms with E-state index in [1.165, 1.54) is 13.0 Å². The maximum atomic E-state index is 7.20. The van der Waals surface area contributed by atoms with Crippen LogP contribution in [0.25, 0.3) is 0 Å². The van der Waals surface area contributed by atoms with Crippen LogP contribution in [0, 0.1) is 11.3 Å². The van der Waals surface area contributed by atoms with Crippen molar-refractivity contribution in [3.8, 4) is 0 Å². The largest absolute Gasteiger partial charge is 0.370 e. The Bertz CT molecular complexity index is 168. The smallest absolute Gasteiger partial charge is 0.188 e. The first kappa shape index (κ1) is 9.32. The third-order valence-electron chi connectivity index (χ3n) is 2.43. The summed E-state index contributed by atoms with van der Waals surface area (Å²) in [6, 6.07) is 0. The third kappa shape index (κ3) is 2.37. The van der Waals surface area contributed by atoms with Gasteiger partial charge in [0.15, 0.2) is 5.96 Å². The minimum atomic E-state index is 0.171. The first-order valence-corrected chi connectivity index (χ1v) is 4.33. The van der Waals surface area contributed by atoms with Crippen LogP contribution in [-0.2, 0) is 0 Å². The Hall–Kier alpha value is -0.770. The first-order chi connectivity index (χ1) is 5.59. The van der Waals surface area contributed by atoms with Crippen LogP contribution < -0.4 is 5.73 Å². The predicted octanol–water partition coefficient (Wildman–Crippen LogP) is -0.237. The van der Waals surface area contributed by atoms with Crippen molar-refractivity contribution in [3.63, 3.8) is 0 Å². The van der Waals surface area contributed by atoms with E-state index in [1.54, 1.807) is 0 Å². The van der Waals surface area contributed by atoms with E-state index in [2.05, 4.69) is 11.9 Å². The highest BCUT2D eigenvalue weighted by Gasteiger charge is 2.20. The van der Waals surface area contributed by atoms with E-state index in [1.807, 2.05) is 11.9 Å². The molecule has 0 radical (unpaired) electrons. The van der Waals surface area contributed by atoms with E-state index < -0.39 is 0 Å². The predicted molar refractivity (Wildman–Crippen MR) is 50.1 cm³/mol. The summed E-state index contributed by atoms with van der Waals surface area (Å²) in [5.41, 5.74) is 5.34. The van der Waals surface area contributed by atoms with Crippen LogP contribution in [0.5, 0.6) is 0 Å². The van der Waals surface area contributed by atoms with Gasteiger partial charge in [0.25, 0.3) is 0 Å². The summed E-state index contributed by atoms with van der Waals surface area (Å²) in [4.78, 5) is 4.13. The molecule has 1 atom stereocenters. The van der Waals surface area contributed by atoms with Crippen LogP contribution in [0.4, 0.5) is 0 Å². The van der Waals surface area contributed by atoms with Gasteiger partial charge in [-0.2, -0.15) is 0 Å². The molecule has 3 N–H and O–H groups in total. The Morgan fingerprint density at radius 3 is 2.83 bits per heavy atom. The van der Waals surface area contributed by atoms with Gasteiger partial charge < -0.3 is 15.5 Å². The molecule has 70 valence electrons. The molecule has 12 heavy (non-hydrogen) atoms. The standard InChI is InChI=1S/C8H18N4/c1-11-4-3-7(5-11)6-12(2)8(9)10/h7H,3-6H2,1-2H3,(H3,9,10). The second-order valence-electron chi connectivity index (χ2n) is 3.68. The zero-order valence-electron chi connectivity index (χ0n) is 7.88. The molecule has 1 fully saturated rings. The number of guanidine groups is 1. The summed E-state index contributed by atoms with van der Waals surface area (Å²) < 4.78 is 0. The second kappa shape index (κ2) is 3.76. The minimum absolute atomic E-state index is 0.171. The van der Waals surface area contributed by atoms with Crippen molar-refractivity contribution in [1.29, 1.82) is 5.41 Å². The van der Waals surface area contributed by atoms with Gasteiger partial charge >= 0.3 is 0 Å². The van der Waals surface area contributed by atoms with E-state index in [9.17, 15) is 0 Å².